The summed E-state index contributed by atoms with van der Waals surface area (Å²) < 4.78 is 0. The maximum absolute atomic E-state index is 12.9. The number of nitrogens with one attached hydrogen (secondary N) is 1. The SMILES string of the molecule is CCNC(=O)CN1CCN(C(=O)c2sc(-c3ccccc3)nc2C)CC1. The van der Waals surface area contributed by atoms with Gasteiger partial charge in [-0.1, -0.05) is 30.3 Å². The van der Waals surface area contributed by atoms with Crippen molar-refractivity contribution < 1.29 is 9.59 Å². The van der Waals surface area contributed by atoms with E-state index < -0.39 is 0 Å². The van der Waals surface area contributed by atoms with E-state index in [1.165, 1.54) is 11.3 Å². The first-order chi connectivity index (χ1) is 12.6. The number of hydrogen-bond acceptors (Lipinski definition) is 5. The molecule has 0 atom stereocenters. The van der Waals surface area contributed by atoms with Gasteiger partial charge in [-0.3, -0.25) is 14.5 Å². The van der Waals surface area contributed by atoms with Crippen molar-refractivity contribution in [3.05, 3.63) is 40.9 Å². The number of likely N-dealkylation sites (N-methyl/N-ethyl adjacent to an activating group) is 1. The maximum atomic E-state index is 12.9. The van der Waals surface area contributed by atoms with Crippen LogP contribution in [-0.4, -0.2) is 65.9 Å². The van der Waals surface area contributed by atoms with Crippen LogP contribution in [0, 0.1) is 6.92 Å². The summed E-state index contributed by atoms with van der Waals surface area (Å²) in [6, 6.07) is 9.93. The molecular weight excluding hydrogens is 348 g/mol. The molecule has 0 unspecified atom stereocenters. The summed E-state index contributed by atoms with van der Waals surface area (Å²) >= 11 is 1.45. The van der Waals surface area contributed by atoms with Crippen molar-refractivity contribution in [3.63, 3.8) is 0 Å². The fourth-order valence-electron chi connectivity index (χ4n) is 3.01. The number of thiazole rings is 1. The first-order valence-corrected chi connectivity index (χ1v) is 9.71. The molecule has 0 saturated carbocycles. The molecule has 138 valence electrons. The zero-order valence-corrected chi connectivity index (χ0v) is 16.0. The van der Waals surface area contributed by atoms with Crippen molar-refractivity contribution in [2.24, 2.45) is 0 Å². The van der Waals surface area contributed by atoms with Crippen LogP contribution in [0.2, 0.25) is 0 Å². The van der Waals surface area contributed by atoms with Crippen LogP contribution in [0.15, 0.2) is 30.3 Å². The van der Waals surface area contributed by atoms with E-state index in [1.54, 1.807) is 0 Å². The number of benzene rings is 1. The largest absolute Gasteiger partial charge is 0.355 e. The fraction of sp³-hybridized carbons (Fsp3) is 0.421. The van der Waals surface area contributed by atoms with Gasteiger partial charge in [0, 0.05) is 38.3 Å². The van der Waals surface area contributed by atoms with Gasteiger partial charge in [0.05, 0.1) is 12.2 Å². The molecule has 0 spiro atoms. The summed E-state index contributed by atoms with van der Waals surface area (Å²) in [6.07, 6.45) is 0. The van der Waals surface area contributed by atoms with Crippen LogP contribution in [0.1, 0.15) is 22.3 Å². The molecule has 7 heteroatoms. The average Bonchev–Trinajstić information content (AvgIpc) is 3.04. The van der Waals surface area contributed by atoms with Gasteiger partial charge in [-0.15, -0.1) is 11.3 Å². The van der Waals surface area contributed by atoms with E-state index in [1.807, 2.05) is 49.1 Å². The highest BCUT2D eigenvalue weighted by atomic mass is 32.1. The molecule has 6 nitrogen and oxygen atoms in total. The summed E-state index contributed by atoms with van der Waals surface area (Å²) in [5.41, 5.74) is 1.81. The van der Waals surface area contributed by atoms with Crippen LogP contribution in [0.3, 0.4) is 0 Å². The topological polar surface area (TPSA) is 65.5 Å². The van der Waals surface area contributed by atoms with E-state index >= 15 is 0 Å². The van der Waals surface area contributed by atoms with Gasteiger partial charge in [0.1, 0.15) is 9.88 Å². The van der Waals surface area contributed by atoms with E-state index in [0.717, 1.165) is 16.3 Å². The molecule has 1 aliphatic heterocycles. The Labute approximate surface area is 157 Å². The first-order valence-electron chi connectivity index (χ1n) is 8.89. The molecular formula is C19H24N4O2S. The summed E-state index contributed by atoms with van der Waals surface area (Å²) in [7, 11) is 0. The number of carbonyl (C=O) groups is 2. The number of nitrogens with zero attached hydrogens (tertiary/aromatic N) is 3. The van der Waals surface area contributed by atoms with Crippen molar-refractivity contribution in [2.45, 2.75) is 13.8 Å². The minimum Gasteiger partial charge on any atom is -0.355 e. The molecule has 3 rings (SSSR count). The van der Waals surface area contributed by atoms with Crippen molar-refractivity contribution in [2.75, 3.05) is 39.3 Å². The maximum Gasteiger partial charge on any atom is 0.265 e. The monoisotopic (exact) mass is 372 g/mol. The van der Waals surface area contributed by atoms with Gasteiger partial charge < -0.3 is 10.2 Å². The number of piperazine rings is 1. The first kappa shape index (κ1) is 18.5. The molecule has 2 heterocycles. The Bertz CT molecular complexity index is 767. The van der Waals surface area contributed by atoms with Crippen molar-refractivity contribution in [1.82, 2.24) is 20.1 Å². The predicted molar refractivity (Wildman–Crippen MR) is 103 cm³/mol. The zero-order valence-electron chi connectivity index (χ0n) is 15.2. The predicted octanol–water partition coefficient (Wildman–Crippen LogP) is 2.01. The van der Waals surface area contributed by atoms with Crippen LogP contribution < -0.4 is 5.32 Å². The quantitative estimate of drug-likeness (QED) is 0.872. The average molecular weight is 372 g/mol. The molecule has 0 aliphatic carbocycles. The van der Waals surface area contributed by atoms with Crippen LogP contribution >= 0.6 is 11.3 Å². The molecule has 1 saturated heterocycles. The molecule has 0 bridgehead atoms. The minimum atomic E-state index is 0.0399. The summed E-state index contributed by atoms with van der Waals surface area (Å²) in [5.74, 6) is 0.0814. The highest BCUT2D eigenvalue weighted by Crippen LogP contribution is 2.28. The highest BCUT2D eigenvalue weighted by Gasteiger charge is 2.26. The Morgan fingerprint density at radius 1 is 1.15 bits per heavy atom. The lowest BCUT2D eigenvalue weighted by atomic mass is 10.2. The molecule has 26 heavy (non-hydrogen) atoms. The third kappa shape index (κ3) is 4.28. The Morgan fingerprint density at radius 2 is 1.85 bits per heavy atom. The van der Waals surface area contributed by atoms with Gasteiger partial charge in [0.2, 0.25) is 5.91 Å². The summed E-state index contributed by atoms with van der Waals surface area (Å²) in [5, 5.41) is 3.69. The number of carbonyl (C=O) groups excluding carboxylic acids is 2. The molecule has 0 radical (unpaired) electrons. The van der Waals surface area contributed by atoms with Gasteiger partial charge in [-0.05, 0) is 13.8 Å². The van der Waals surface area contributed by atoms with Crippen molar-refractivity contribution in [3.8, 4) is 10.6 Å². The Hall–Kier alpha value is -2.25. The van der Waals surface area contributed by atoms with E-state index in [-0.39, 0.29) is 11.8 Å². The van der Waals surface area contributed by atoms with Gasteiger partial charge >= 0.3 is 0 Å². The Balaban J connectivity index is 1.62. The lowest BCUT2D eigenvalue weighted by molar-refractivity contribution is -0.122. The summed E-state index contributed by atoms with van der Waals surface area (Å²) in [6.45, 7) is 7.54. The number of amides is 2. The highest BCUT2D eigenvalue weighted by molar-refractivity contribution is 7.17. The van der Waals surface area contributed by atoms with Crippen LogP contribution in [0.5, 0.6) is 0 Å². The third-order valence-corrected chi connectivity index (χ3v) is 5.61. The molecule has 2 amide bonds. The Morgan fingerprint density at radius 3 is 2.50 bits per heavy atom. The number of aromatic nitrogens is 1. The second kappa shape index (κ2) is 8.42. The Kier molecular flexibility index (Phi) is 6.00. The van der Waals surface area contributed by atoms with Gasteiger partial charge in [0.15, 0.2) is 0 Å². The fourth-order valence-corrected chi connectivity index (χ4v) is 4.05. The van der Waals surface area contributed by atoms with Crippen LogP contribution in [-0.2, 0) is 4.79 Å². The van der Waals surface area contributed by atoms with Gasteiger partial charge in [-0.25, -0.2) is 4.98 Å². The van der Waals surface area contributed by atoms with Gasteiger partial charge in [0.25, 0.3) is 5.91 Å². The summed E-state index contributed by atoms with van der Waals surface area (Å²) in [4.78, 5) is 33.8. The number of aryl methyl sites for hydroxylation is 1. The van der Waals surface area contributed by atoms with Crippen LogP contribution in [0.25, 0.3) is 10.6 Å². The molecule has 2 aromatic rings. The standard InChI is InChI=1S/C19H24N4O2S/c1-3-20-16(24)13-22-9-11-23(12-10-22)19(25)17-14(2)21-18(26-17)15-7-5-4-6-8-15/h4-8H,3,9-13H2,1-2H3,(H,20,24). The second-order valence-corrected chi connectivity index (χ2v) is 7.32. The van der Waals surface area contributed by atoms with Crippen LogP contribution in [0.4, 0.5) is 0 Å². The molecule has 1 fully saturated rings. The van der Waals surface area contributed by atoms with E-state index in [0.29, 0.717) is 44.1 Å². The third-order valence-electron chi connectivity index (χ3n) is 4.41. The molecule has 1 aliphatic rings. The van der Waals surface area contributed by atoms with Crippen molar-refractivity contribution >= 4 is 23.2 Å². The smallest absolute Gasteiger partial charge is 0.265 e. The van der Waals surface area contributed by atoms with E-state index in [9.17, 15) is 9.59 Å². The normalized spacial score (nSPS) is 15.1. The number of hydrogen-bond donors (Lipinski definition) is 1. The molecule has 1 aromatic heterocycles. The van der Waals surface area contributed by atoms with E-state index in [4.69, 9.17) is 0 Å². The molecule has 1 N–H and O–H groups in total. The lowest BCUT2D eigenvalue weighted by Gasteiger charge is -2.34. The van der Waals surface area contributed by atoms with Crippen molar-refractivity contribution in [1.29, 1.82) is 0 Å². The minimum absolute atomic E-state index is 0.0399. The van der Waals surface area contributed by atoms with E-state index in [2.05, 4.69) is 15.2 Å². The number of rotatable bonds is 5. The molecule has 1 aromatic carbocycles. The second-order valence-electron chi connectivity index (χ2n) is 6.32. The van der Waals surface area contributed by atoms with Gasteiger partial charge in [-0.2, -0.15) is 0 Å². The lowest BCUT2D eigenvalue weighted by Crippen LogP contribution is -2.51. The zero-order chi connectivity index (χ0) is 18.5.